The van der Waals surface area contributed by atoms with Crippen LogP contribution in [0.2, 0.25) is 0 Å². The van der Waals surface area contributed by atoms with Gasteiger partial charge in [0.1, 0.15) is 6.61 Å². The minimum atomic E-state index is -0.652. The summed E-state index contributed by atoms with van der Waals surface area (Å²) < 4.78 is 5.37. The summed E-state index contributed by atoms with van der Waals surface area (Å²) in [6.45, 7) is 6.04. The van der Waals surface area contributed by atoms with Crippen LogP contribution in [0, 0.1) is 17.8 Å². The molecule has 3 N–H and O–H groups in total. The molecule has 1 aliphatic heterocycles. The fourth-order valence-electron chi connectivity index (χ4n) is 3.40. The SMILES string of the molecule is CC(C)C[C@H](CC(=O)OCc1ccccc1)C(O)CNC[C@@H]1CCNC1=O. The molecule has 6 heteroatoms. The van der Waals surface area contributed by atoms with Crippen LogP contribution in [0.5, 0.6) is 0 Å². The summed E-state index contributed by atoms with van der Waals surface area (Å²) in [5.74, 6) is -0.0547. The van der Waals surface area contributed by atoms with Crippen molar-refractivity contribution in [3.05, 3.63) is 35.9 Å². The molecule has 0 aliphatic carbocycles. The molecule has 1 saturated heterocycles. The van der Waals surface area contributed by atoms with Crippen LogP contribution in [-0.4, -0.2) is 42.7 Å². The first kappa shape index (κ1) is 21.4. The van der Waals surface area contributed by atoms with Gasteiger partial charge in [-0.3, -0.25) is 9.59 Å². The molecule has 1 amide bonds. The van der Waals surface area contributed by atoms with Gasteiger partial charge in [-0.25, -0.2) is 0 Å². The van der Waals surface area contributed by atoms with Crippen LogP contribution in [-0.2, 0) is 20.9 Å². The molecule has 150 valence electrons. The Labute approximate surface area is 161 Å². The molecule has 0 saturated carbocycles. The molecule has 1 fully saturated rings. The summed E-state index contributed by atoms with van der Waals surface area (Å²) in [6, 6.07) is 9.56. The van der Waals surface area contributed by atoms with Crippen molar-refractivity contribution in [1.29, 1.82) is 0 Å². The second-order valence-corrected chi connectivity index (χ2v) is 7.74. The van der Waals surface area contributed by atoms with Gasteiger partial charge in [0.2, 0.25) is 5.91 Å². The Morgan fingerprint density at radius 3 is 2.70 bits per heavy atom. The van der Waals surface area contributed by atoms with E-state index in [-0.39, 0.29) is 36.7 Å². The Kier molecular flexibility index (Phi) is 8.75. The van der Waals surface area contributed by atoms with Gasteiger partial charge in [0, 0.05) is 19.6 Å². The van der Waals surface area contributed by atoms with Crippen LogP contribution >= 0.6 is 0 Å². The number of hydrogen-bond acceptors (Lipinski definition) is 5. The Balaban J connectivity index is 1.77. The molecule has 1 aromatic carbocycles. The number of aliphatic hydroxyl groups is 1. The van der Waals surface area contributed by atoms with E-state index >= 15 is 0 Å². The van der Waals surface area contributed by atoms with Crippen LogP contribution in [0.1, 0.15) is 38.7 Å². The number of amides is 1. The van der Waals surface area contributed by atoms with Crippen LogP contribution in [0.4, 0.5) is 0 Å². The number of aliphatic hydroxyl groups excluding tert-OH is 1. The van der Waals surface area contributed by atoms with Gasteiger partial charge in [-0.2, -0.15) is 0 Å². The quantitative estimate of drug-likeness (QED) is 0.513. The summed E-state index contributed by atoms with van der Waals surface area (Å²) in [7, 11) is 0. The summed E-state index contributed by atoms with van der Waals surface area (Å²) >= 11 is 0. The lowest BCUT2D eigenvalue weighted by Crippen LogP contribution is -2.38. The van der Waals surface area contributed by atoms with E-state index in [2.05, 4.69) is 24.5 Å². The van der Waals surface area contributed by atoms with Crippen molar-refractivity contribution in [3.63, 3.8) is 0 Å². The van der Waals surface area contributed by atoms with E-state index in [9.17, 15) is 14.7 Å². The number of nitrogens with one attached hydrogen (secondary N) is 2. The van der Waals surface area contributed by atoms with Gasteiger partial charge >= 0.3 is 5.97 Å². The van der Waals surface area contributed by atoms with Crippen LogP contribution < -0.4 is 10.6 Å². The summed E-state index contributed by atoms with van der Waals surface area (Å²) in [4.78, 5) is 23.8. The minimum Gasteiger partial charge on any atom is -0.461 e. The second-order valence-electron chi connectivity index (χ2n) is 7.74. The smallest absolute Gasteiger partial charge is 0.306 e. The van der Waals surface area contributed by atoms with Crippen molar-refractivity contribution in [2.24, 2.45) is 17.8 Å². The van der Waals surface area contributed by atoms with Crippen molar-refractivity contribution in [3.8, 4) is 0 Å². The van der Waals surface area contributed by atoms with E-state index in [1.54, 1.807) is 0 Å². The molecule has 1 aromatic rings. The van der Waals surface area contributed by atoms with Crippen LogP contribution in [0.3, 0.4) is 0 Å². The molecular formula is C21H32N2O4. The Bertz CT molecular complexity index is 591. The number of carbonyl (C=O) groups is 2. The molecule has 3 atom stereocenters. The average molecular weight is 376 g/mol. The van der Waals surface area contributed by atoms with Gasteiger partial charge in [0.15, 0.2) is 0 Å². The Hall–Kier alpha value is -1.92. The predicted molar refractivity (Wildman–Crippen MR) is 104 cm³/mol. The average Bonchev–Trinajstić information content (AvgIpc) is 3.05. The number of esters is 1. The predicted octanol–water partition coefficient (Wildman–Crippen LogP) is 1.87. The molecule has 0 spiro atoms. The first-order valence-electron chi connectivity index (χ1n) is 9.81. The highest BCUT2D eigenvalue weighted by Gasteiger charge is 2.26. The van der Waals surface area contributed by atoms with E-state index in [1.807, 2.05) is 30.3 Å². The highest BCUT2D eigenvalue weighted by Crippen LogP contribution is 2.20. The Morgan fingerprint density at radius 2 is 2.07 bits per heavy atom. The maximum absolute atomic E-state index is 12.2. The standard InChI is InChI=1S/C21H32N2O4/c1-15(2)10-18(11-20(25)27-14-16-6-4-3-5-7-16)19(24)13-22-12-17-8-9-23-21(17)26/h3-7,15,17-19,22,24H,8-14H2,1-2H3,(H,23,26)/t17-,18+,19?/m0/s1. The number of carbonyl (C=O) groups excluding carboxylic acids is 2. The zero-order valence-corrected chi connectivity index (χ0v) is 16.3. The van der Waals surface area contributed by atoms with E-state index < -0.39 is 6.10 Å². The fourth-order valence-corrected chi connectivity index (χ4v) is 3.40. The van der Waals surface area contributed by atoms with Gasteiger partial charge in [-0.1, -0.05) is 44.2 Å². The van der Waals surface area contributed by atoms with Crippen molar-refractivity contribution >= 4 is 11.9 Å². The van der Waals surface area contributed by atoms with Crippen molar-refractivity contribution in [2.75, 3.05) is 19.6 Å². The summed E-state index contributed by atoms with van der Waals surface area (Å²) in [5, 5.41) is 16.5. The third kappa shape index (κ3) is 7.69. The molecule has 1 heterocycles. The molecule has 1 aliphatic rings. The van der Waals surface area contributed by atoms with Crippen molar-refractivity contribution in [1.82, 2.24) is 10.6 Å². The number of ether oxygens (including phenoxy) is 1. The minimum absolute atomic E-state index is 0.0309. The van der Waals surface area contributed by atoms with Gasteiger partial charge in [-0.05, 0) is 30.2 Å². The van der Waals surface area contributed by atoms with Crippen molar-refractivity contribution in [2.45, 2.75) is 45.8 Å². The van der Waals surface area contributed by atoms with Crippen molar-refractivity contribution < 1.29 is 19.4 Å². The molecular weight excluding hydrogens is 344 g/mol. The molecule has 0 bridgehead atoms. The van der Waals surface area contributed by atoms with Gasteiger partial charge in [0.25, 0.3) is 0 Å². The Morgan fingerprint density at radius 1 is 1.33 bits per heavy atom. The molecule has 6 nitrogen and oxygen atoms in total. The molecule has 27 heavy (non-hydrogen) atoms. The number of rotatable bonds is 11. The molecule has 0 aromatic heterocycles. The van der Waals surface area contributed by atoms with Crippen LogP contribution in [0.25, 0.3) is 0 Å². The molecule has 0 radical (unpaired) electrons. The molecule has 1 unspecified atom stereocenters. The first-order chi connectivity index (χ1) is 13.0. The maximum atomic E-state index is 12.2. The topological polar surface area (TPSA) is 87.7 Å². The maximum Gasteiger partial charge on any atom is 0.306 e. The zero-order valence-electron chi connectivity index (χ0n) is 16.3. The lowest BCUT2D eigenvalue weighted by Gasteiger charge is -2.24. The number of hydrogen-bond donors (Lipinski definition) is 3. The largest absolute Gasteiger partial charge is 0.461 e. The van der Waals surface area contributed by atoms with E-state index in [0.29, 0.717) is 19.0 Å². The normalized spacial score (nSPS) is 19.0. The van der Waals surface area contributed by atoms with Crippen LogP contribution in [0.15, 0.2) is 30.3 Å². The lowest BCUT2D eigenvalue weighted by molar-refractivity contribution is -0.147. The molecule has 2 rings (SSSR count). The lowest BCUT2D eigenvalue weighted by atomic mass is 9.89. The van der Waals surface area contributed by atoms with E-state index in [1.165, 1.54) is 0 Å². The van der Waals surface area contributed by atoms with Gasteiger partial charge < -0.3 is 20.5 Å². The van der Waals surface area contributed by atoms with E-state index in [0.717, 1.165) is 24.9 Å². The van der Waals surface area contributed by atoms with E-state index in [4.69, 9.17) is 4.74 Å². The fraction of sp³-hybridized carbons (Fsp3) is 0.619. The highest BCUT2D eigenvalue weighted by molar-refractivity contribution is 5.80. The third-order valence-electron chi connectivity index (χ3n) is 4.90. The third-order valence-corrected chi connectivity index (χ3v) is 4.90. The van der Waals surface area contributed by atoms with Gasteiger partial charge in [-0.15, -0.1) is 0 Å². The summed E-state index contributed by atoms with van der Waals surface area (Å²) in [5.41, 5.74) is 0.948. The zero-order chi connectivity index (χ0) is 19.6. The second kappa shape index (κ2) is 11.0. The highest BCUT2D eigenvalue weighted by atomic mass is 16.5. The summed E-state index contributed by atoms with van der Waals surface area (Å²) in [6.07, 6.45) is 1.11. The first-order valence-corrected chi connectivity index (χ1v) is 9.81. The monoisotopic (exact) mass is 376 g/mol. The number of benzene rings is 1. The van der Waals surface area contributed by atoms with Gasteiger partial charge in [0.05, 0.1) is 18.4 Å².